The Bertz CT molecular complexity index is 920. The van der Waals surface area contributed by atoms with E-state index in [1.807, 2.05) is 30.5 Å². The van der Waals surface area contributed by atoms with Gasteiger partial charge in [0.2, 0.25) is 0 Å². The lowest BCUT2D eigenvalue weighted by molar-refractivity contribution is -0.137. The van der Waals surface area contributed by atoms with Gasteiger partial charge in [0.05, 0.1) is 18.5 Å². The molecule has 0 bridgehead atoms. The Hall–Kier alpha value is -3.02. The number of ether oxygens (including phenoxy) is 1. The molecule has 0 fully saturated rings. The Morgan fingerprint density at radius 2 is 1.81 bits per heavy atom. The first-order valence-corrected chi connectivity index (χ1v) is 11.3. The lowest BCUT2D eigenvalue weighted by atomic mass is 10.1. The summed E-state index contributed by atoms with van der Waals surface area (Å²) in [5.41, 5.74) is 4.96. The Morgan fingerprint density at radius 3 is 2.48 bits per heavy atom. The predicted octanol–water partition coefficient (Wildman–Crippen LogP) is 5.85. The molecule has 6 heteroatoms. The van der Waals surface area contributed by atoms with E-state index in [4.69, 9.17) is 14.8 Å². The quantitative estimate of drug-likeness (QED) is 0.333. The maximum Gasteiger partial charge on any atom is 0.303 e. The lowest BCUT2D eigenvalue weighted by Crippen LogP contribution is -1.93. The molecule has 166 valence electrons. The van der Waals surface area contributed by atoms with E-state index in [9.17, 15) is 4.79 Å². The highest BCUT2D eigenvalue weighted by Gasteiger charge is 2.17. The van der Waals surface area contributed by atoms with Gasteiger partial charge in [-0.1, -0.05) is 38.5 Å². The maximum absolute atomic E-state index is 10.5. The molecule has 3 rings (SSSR count). The van der Waals surface area contributed by atoms with Gasteiger partial charge in [-0.15, -0.1) is 0 Å². The zero-order chi connectivity index (χ0) is 21.9. The van der Waals surface area contributed by atoms with E-state index >= 15 is 0 Å². The number of hydrogen-bond acceptors (Lipinski definition) is 3. The largest absolute Gasteiger partial charge is 0.494 e. The lowest BCUT2D eigenvalue weighted by Gasteiger charge is -2.02. The van der Waals surface area contributed by atoms with E-state index in [0.717, 1.165) is 54.2 Å². The summed E-state index contributed by atoms with van der Waals surface area (Å²) in [4.78, 5) is 21.8. The highest BCUT2D eigenvalue weighted by atomic mass is 16.5. The fourth-order valence-electron chi connectivity index (χ4n) is 3.80. The molecule has 0 atom stereocenters. The van der Waals surface area contributed by atoms with Crippen LogP contribution in [0.4, 0.5) is 0 Å². The van der Waals surface area contributed by atoms with Crippen molar-refractivity contribution in [1.29, 1.82) is 0 Å². The summed E-state index contributed by atoms with van der Waals surface area (Å²) in [6.45, 7) is 0. The number of allylic oxidation sites excluding steroid dienone is 1. The van der Waals surface area contributed by atoms with Crippen LogP contribution in [0, 0.1) is 0 Å². The average Bonchev–Trinajstić information content (AvgIpc) is 3.50. The second kappa shape index (κ2) is 12.0. The molecule has 2 aromatic heterocycles. The second-order valence-electron chi connectivity index (χ2n) is 7.98. The molecule has 0 radical (unpaired) electrons. The zero-order valence-corrected chi connectivity index (χ0v) is 18.3. The van der Waals surface area contributed by atoms with Crippen molar-refractivity contribution in [3.05, 3.63) is 65.1 Å². The molecule has 1 aliphatic heterocycles. The number of aliphatic imine (C=N–C) groups is 1. The van der Waals surface area contributed by atoms with Crippen LogP contribution in [0.15, 0.2) is 53.0 Å². The predicted molar refractivity (Wildman–Crippen MR) is 124 cm³/mol. The van der Waals surface area contributed by atoms with Crippen LogP contribution in [0.25, 0.3) is 6.08 Å². The molecule has 3 N–H and O–H groups in total. The molecule has 0 saturated heterocycles. The molecule has 1 aliphatic rings. The molecule has 0 amide bonds. The maximum atomic E-state index is 10.5. The number of aliphatic carboxylic acids is 1. The molecular weight excluding hydrogens is 390 g/mol. The number of carboxylic acids is 1. The van der Waals surface area contributed by atoms with Gasteiger partial charge in [-0.2, -0.15) is 0 Å². The minimum absolute atomic E-state index is 0.304. The van der Waals surface area contributed by atoms with E-state index in [1.54, 1.807) is 7.11 Å². The summed E-state index contributed by atoms with van der Waals surface area (Å²) in [5, 5.41) is 8.63. The first kappa shape index (κ1) is 22.7. The number of carboxylic acid groups (broad SMARTS) is 1. The van der Waals surface area contributed by atoms with Crippen molar-refractivity contribution in [2.75, 3.05) is 7.11 Å². The van der Waals surface area contributed by atoms with Crippen LogP contribution >= 0.6 is 0 Å². The smallest absolute Gasteiger partial charge is 0.303 e. The Labute approximate surface area is 184 Å². The molecular formula is C25H33N3O3. The topological polar surface area (TPSA) is 90.5 Å². The second-order valence-corrected chi connectivity index (χ2v) is 7.98. The van der Waals surface area contributed by atoms with Crippen LogP contribution in [-0.4, -0.2) is 33.9 Å². The van der Waals surface area contributed by atoms with Crippen LogP contribution in [0.5, 0.6) is 0 Å². The highest BCUT2D eigenvalue weighted by Crippen LogP contribution is 2.24. The van der Waals surface area contributed by atoms with Gasteiger partial charge in [0.15, 0.2) is 0 Å². The molecule has 2 aromatic rings. The summed E-state index contributed by atoms with van der Waals surface area (Å²) in [5.74, 6) is 0.0836. The Morgan fingerprint density at radius 1 is 1.06 bits per heavy atom. The van der Waals surface area contributed by atoms with Crippen molar-refractivity contribution < 1.29 is 14.6 Å². The molecule has 0 saturated carbocycles. The van der Waals surface area contributed by atoms with Gasteiger partial charge in [-0.05, 0) is 49.6 Å². The number of aromatic amines is 2. The zero-order valence-electron chi connectivity index (χ0n) is 18.3. The van der Waals surface area contributed by atoms with Crippen LogP contribution in [-0.2, 0) is 16.0 Å². The van der Waals surface area contributed by atoms with E-state index in [2.05, 4.69) is 22.1 Å². The van der Waals surface area contributed by atoms with Gasteiger partial charge in [0.25, 0.3) is 0 Å². The van der Waals surface area contributed by atoms with Crippen molar-refractivity contribution in [1.82, 2.24) is 9.97 Å². The number of carbonyl (C=O) groups is 1. The normalized spacial score (nSPS) is 14.7. The minimum Gasteiger partial charge on any atom is -0.494 e. The number of unbranched alkanes of at least 4 members (excludes halogenated alkanes) is 7. The molecule has 3 heterocycles. The summed E-state index contributed by atoms with van der Waals surface area (Å²) >= 11 is 0. The van der Waals surface area contributed by atoms with Crippen molar-refractivity contribution in [2.24, 2.45) is 4.99 Å². The van der Waals surface area contributed by atoms with Gasteiger partial charge in [-0.3, -0.25) is 4.79 Å². The third kappa shape index (κ3) is 7.31. The average molecular weight is 424 g/mol. The third-order valence-electron chi connectivity index (χ3n) is 5.50. The minimum atomic E-state index is -0.684. The molecule has 6 nitrogen and oxygen atoms in total. The van der Waals surface area contributed by atoms with Crippen LogP contribution in [0.3, 0.4) is 0 Å². The van der Waals surface area contributed by atoms with E-state index in [0.29, 0.717) is 6.42 Å². The van der Waals surface area contributed by atoms with Crippen LogP contribution in [0.1, 0.15) is 74.9 Å². The van der Waals surface area contributed by atoms with Gasteiger partial charge in [0.1, 0.15) is 11.5 Å². The van der Waals surface area contributed by atoms with Crippen molar-refractivity contribution in [3.8, 4) is 0 Å². The summed E-state index contributed by atoms with van der Waals surface area (Å²) in [6.07, 6.45) is 16.3. The molecule has 0 unspecified atom stereocenters. The van der Waals surface area contributed by atoms with Crippen LogP contribution < -0.4 is 0 Å². The van der Waals surface area contributed by atoms with Crippen LogP contribution in [0.2, 0.25) is 0 Å². The summed E-state index contributed by atoms with van der Waals surface area (Å²) in [6, 6.07) is 8.20. The number of methoxy groups -OCH3 is 1. The van der Waals surface area contributed by atoms with Crippen molar-refractivity contribution in [3.63, 3.8) is 0 Å². The number of rotatable bonds is 14. The van der Waals surface area contributed by atoms with Crippen molar-refractivity contribution in [2.45, 2.75) is 64.2 Å². The monoisotopic (exact) mass is 423 g/mol. The number of aromatic nitrogens is 2. The number of nitrogens with zero attached hydrogens (tertiary/aromatic N) is 1. The number of nitrogens with one attached hydrogen (secondary N) is 2. The third-order valence-corrected chi connectivity index (χ3v) is 5.50. The number of H-pyrrole nitrogens is 2. The number of aryl methyl sites for hydroxylation is 1. The Kier molecular flexibility index (Phi) is 8.76. The fraction of sp³-hybridized carbons (Fsp3) is 0.440. The standard InChI is InChI=1S/C25H33N3O3/c1-31-24-18-22(21-12-10-16-26-21)28-23(24)17-20-15-14-19(27-20)11-8-6-4-2-3-5-7-9-13-25(29)30/h10,12,14-18,26-27H,2-9,11,13H2,1H3,(H,29,30)/b23-17-. The first-order valence-electron chi connectivity index (χ1n) is 11.3. The summed E-state index contributed by atoms with van der Waals surface area (Å²) < 4.78 is 5.50. The van der Waals surface area contributed by atoms with E-state index < -0.39 is 5.97 Å². The van der Waals surface area contributed by atoms with Gasteiger partial charge in [0, 0.05) is 30.1 Å². The van der Waals surface area contributed by atoms with Gasteiger partial charge >= 0.3 is 5.97 Å². The van der Waals surface area contributed by atoms with Gasteiger partial charge < -0.3 is 19.8 Å². The fourth-order valence-corrected chi connectivity index (χ4v) is 3.80. The molecule has 0 aromatic carbocycles. The molecule has 31 heavy (non-hydrogen) atoms. The summed E-state index contributed by atoms with van der Waals surface area (Å²) in [7, 11) is 1.67. The molecule has 0 spiro atoms. The Balaban J connectivity index is 1.38. The SMILES string of the molecule is COC1=CC(c2ccc[nH]2)=N/C1=C\c1ccc(CCCCCCCCCCC(=O)O)[nH]1. The van der Waals surface area contributed by atoms with E-state index in [1.165, 1.54) is 37.8 Å². The first-order chi connectivity index (χ1) is 15.2. The number of hydrogen-bond donors (Lipinski definition) is 3. The van der Waals surface area contributed by atoms with E-state index in [-0.39, 0.29) is 0 Å². The highest BCUT2D eigenvalue weighted by molar-refractivity contribution is 6.11. The molecule has 0 aliphatic carbocycles. The van der Waals surface area contributed by atoms with Crippen molar-refractivity contribution >= 4 is 17.8 Å². The van der Waals surface area contributed by atoms with Gasteiger partial charge in [-0.25, -0.2) is 4.99 Å².